The van der Waals surface area contributed by atoms with Gasteiger partial charge in [-0.25, -0.2) is 9.78 Å². The van der Waals surface area contributed by atoms with Gasteiger partial charge in [-0.05, 0) is 19.1 Å². The van der Waals surface area contributed by atoms with Gasteiger partial charge in [-0.1, -0.05) is 12.1 Å². The van der Waals surface area contributed by atoms with Gasteiger partial charge in [0, 0.05) is 26.2 Å². The SMILES string of the molecule is CC(O)C(N1CCN(C(=O)O)CC1)n1cnc2ccccc21. The number of imidazole rings is 1. The van der Waals surface area contributed by atoms with Gasteiger partial charge in [0.2, 0.25) is 0 Å². The molecule has 0 spiro atoms. The zero-order chi connectivity index (χ0) is 15.7. The first-order chi connectivity index (χ1) is 10.6. The van der Waals surface area contributed by atoms with Crippen LogP contribution in [0.5, 0.6) is 0 Å². The van der Waals surface area contributed by atoms with E-state index in [1.807, 2.05) is 28.8 Å². The normalized spacial score (nSPS) is 19.3. The first-order valence-electron chi connectivity index (χ1n) is 7.39. The van der Waals surface area contributed by atoms with E-state index < -0.39 is 12.2 Å². The fraction of sp³-hybridized carbons (Fsp3) is 0.467. The second-order valence-corrected chi connectivity index (χ2v) is 5.60. The average Bonchev–Trinajstić information content (AvgIpc) is 2.92. The van der Waals surface area contributed by atoms with Gasteiger partial charge in [-0.2, -0.15) is 0 Å². The van der Waals surface area contributed by atoms with E-state index in [0.717, 1.165) is 11.0 Å². The molecule has 2 N–H and O–H groups in total. The Kier molecular flexibility index (Phi) is 4.00. The Balaban J connectivity index is 1.86. The molecule has 7 heteroatoms. The molecule has 1 amide bonds. The molecular formula is C15H20N4O3. The molecule has 1 aliphatic rings. The highest BCUT2D eigenvalue weighted by atomic mass is 16.4. The minimum Gasteiger partial charge on any atom is -0.465 e. The topological polar surface area (TPSA) is 81.8 Å². The van der Waals surface area contributed by atoms with Crippen LogP contribution in [0, 0.1) is 0 Å². The largest absolute Gasteiger partial charge is 0.465 e. The molecule has 1 saturated heterocycles. The summed E-state index contributed by atoms with van der Waals surface area (Å²) < 4.78 is 1.97. The van der Waals surface area contributed by atoms with Crippen molar-refractivity contribution in [2.45, 2.75) is 19.2 Å². The molecule has 0 bridgehead atoms. The Labute approximate surface area is 128 Å². The number of fused-ring (bicyclic) bond motifs is 1. The van der Waals surface area contributed by atoms with E-state index in [4.69, 9.17) is 5.11 Å². The summed E-state index contributed by atoms with van der Waals surface area (Å²) in [5.41, 5.74) is 1.85. The van der Waals surface area contributed by atoms with Crippen molar-refractivity contribution >= 4 is 17.1 Å². The number of benzene rings is 1. The van der Waals surface area contributed by atoms with Gasteiger partial charge >= 0.3 is 6.09 Å². The molecule has 1 fully saturated rings. The summed E-state index contributed by atoms with van der Waals surface area (Å²) >= 11 is 0. The molecule has 1 aromatic heterocycles. The number of aliphatic hydroxyl groups excluding tert-OH is 1. The van der Waals surface area contributed by atoms with Crippen LogP contribution in [0.15, 0.2) is 30.6 Å². The van der Waals surface area contributed by atoms with Crippen LogP contribution < -0.4 is 0 Å². The zero-order valence-electron chi connectivity index (χ0n) is 12.5. The molecule has 1 aliphatic heterocycles. The quantitative estimate of drug-likeness (QED) is 0.891. The lowest BCUT2D eigenvalue weighted by Gasteiger charge is -2.40. The number of rotatable bonds is 3. The Morgan fingerprint density at radius 3 is 2.55 bits per heavy atom. The van der Waals surface area contributed by atoms with E-state index in [1.165, 1.54) is 4.90 Å². The van der Waals surface area contributed by atoms with E-state index >= 15 is 0 Å². The number of aromatic nitrogens is 2. The first-order valence-corrected chi connectivity index (χ1v) is 7.39. The minimum atomic E-state index is -0.888. The Hall–Kier alpha value is -2.12. The minimum absolute atomic E-state index is 0.247. The highest BCUT2D eigenvalue weighted by Gasteiger charge is 2.30. The first kappa shape index (κ1) is 14.8. The number of piperazine rings is 1. The van der Waals surface area contributed by atoms with Gasteiger partial charge in [0.15, 0.2) is 0 Å². The molecular weight excluding hydrogens is 284 g/mol. The number of hydrogen-bond donors (Lipinski definition) is 2. The Morgan fingerprint density at radius 2 is 1.91 bits per heavy atom. The van der Waals surface area contributed by atoms with E-state index in [1.54, 1.807) is 13.3 Å². The molecule has 2 unspecified atom stereocenters. The number of para-hydroxylation sites is 2. The van der Waals surface area contributed by atoms with Crippen LogP contribution in [0.4, 0.5) is 4.79 Å². The second kappa shape index (κ2) is 5.94. The number of aliphatic hydroxyl groups is 1. The number of hydrogen-bond acceptors (Lipinski definition) is 4. The van der Waals surface area contributed by atoms with Gasteiger partial charge in [-0.15, -0.1) is 0 Å². The summed E-state index contributed by atoms with van der Waals surface area (Å²) in [4.78, 5) is 18.9. The van der Waals surface area contributed by atoms with Crippen LogP contribution in [0.1, 0.15) is 13.1 Å². The zero-order valence-corrected chi connectivity index (χ0v) is 12.5. The van der Waals surface area contributed by atoms with Crippen molar-refractivity contribution in [3.63, 3.8) is 0 Å². The van der Waals surface area contributed by atoms with Crippen LogP contribution in [0.3, 0.4) is 0 Å². The lowest BCUT2D eigenvalue weighted by molar-refractivity contribution is -0.00490. The van der Waals surface area contributed by atoms with Crippen LogP contribution in [0.2, 0.25) is 0 Å². The summed E-state index contributed by atoms with van der Waals surface area (Å²) in [7, 11) is 0. The maximum atomic E-state index is 11.0. The van der Waals surface area contributed by atoms with Gasteiger partial charge in [0.05, 0.1) is 23.5 Å². The fourth-order valence-electron chi connectivity index (χ4n) is 3.08. The molecule has 2 heterocycles. The van der Waals surface area contributed by atoms with Crippen LogP contribution >= 0.6 is 0 Å². The maximum absolute atomic E-state index is 11.0. The molecule has 0 aliphatic carbocycles. The molecule has 7 nitrogen and oxygen atoms in total. The standard InChI is InChI=1S/C15H20N4O3/c1-11(20)14(17-6-8-18(9-7-17)15(21)22)19-10-16-12-4-2-3-5-13(12)19/h2-5,10-11,14,20H,6-9H2,1H3,(H,21,22). The van der Waals surface area contributed by atoms with Crippen molar-refractivity contribution in [3.05, 3.63) is 30.6 Å². The van der Waals surface area contributed by atoms with E-state index in [-0.39, 0.29) is 6.17 Å². The van der Waals surface area contributed by atoms with Gasteiger partial charge in [-0.3, -0.25) is 4.90 Å². The molecule has 2 aromatic rings. The van der Waals surface area contributed by atoms with Crippen molar-refractivity contribution in [1.29, 1.82) is 0 Å². The summed E-state index contributed by atoms with van der Waals surface area (Å²) in [5, 5.41) is 19.3. The van der Waals surface area contributed by atoms with Crippen molar-refractivity contribution in [3.8, 4) is 0 Å². The fourth-order valence-corrected chi connectivity index (χ4v) is 3.08. The highest BCUT2D eigenvalue weighted by Crippen LogP contribution is 2.24. The van der Waals surface area contributed by atoms with Crippen molar-refractivity contribution in [2.75, 3.05) is 26.2 Å². The lowest BCUT2D eigenvalue weighted by Crippen LogP contribution is -2.52. The van der Waals surface area contributed by atoms with Crippen molar-refractivity contribution < 1.29 is 15.0 Å². The lowest BCUT2D eigenvalue weighted by atomic mass is 10.2. The number of amides is 1. The highest BCUT2D eigenvalue weighted by molar-refractivity contribution is 5.75. The smallest absolute Gasteiger partial charge is 0.407 e. The van der Waals surface area contributed by atoms with Gasteiger partial charge in [0.25, 0.3) is 0 Å². The van der Waals surface area contributed by atoms with E-state index in [9.17, 15) is 9.90 Å². The second-order valence-electron chi connectivity index (χ2n) is 5.60. The maximum Gasteiger partial charge on any atom is 0.407 e. The summed E-state index contributed by atoms with van der Waals surface area (Å²) in [5.74, 6) is 0. The molecule has 1 aromatic carbocycles. The Morgan fingerprint density at radius 1 is 1.23 bits per heavy atom. The molecule has 0 radical (unpaired) electrons. The predicted molar refractivity (Wildman–Crippen MR) is 81.6 cm³/mol. The monoisotopic (exact) mass is 304 g/mol. The van der Waals surface area contributed by atoms with Gasteiger partial charge in [0.1, 0.15) is 6.17 Å². The number of carbonyl (C=O) groups is 1. The molecule has 3 rings (SSSR count). The summed E-state index contributed by atoms with van der Waals surface area (Å²) in [6.45, 7) is 3.84. The number of carboxylic acid groups (broad SMARTS) is 1. The third-order valence-electron chi connectivity index (χ3n) is 4.16. The van der Waals surface area contributed by atoms with E-state index in [2.05, 4.69) is 9.88 Å². The van der Waals surface area contributed by atoms with Gasteiger partial charge < -0.3 is 19.7 Å². The molecule has 2 atom stereocenters. The van der Waals surface area contributed by atoms with Crippen molar-refractivity contribution in [1.82, 2.24) is 19.4 Å². The average molecular weight is 304 g/mol. The third kappa shape index (κ3) is 2.65. The van der Waals surface area contributed by atoms with Crippen LogP contribution in [0.25, 0.3) is 11.0 Å². The van der Waals surface area contributed by atoms with Crippen molar-refractivity contribution in [2.24, 2.45) is 0 Å². The molecule has 0 saturated carbocycles. The summed E-state index contributed by atoms with van der Waals surface area (Å²) in [6.07, 6.45) is 0.0182. The summed E-state index contributed by atoms with van der Waals surface area (Å²) in [6, 6.07) is 7.79. The van der Waals surface area contributed by atoms with Crippen LogP contribution in [-0.4, -0.2) is 67.9 Å². The molecule has 118 valence electrons. The van der Waals surface area contributed by atoms with E-state index in [0.29, 0.717) is 26.2 Å². The Bertz CT molecular complexity index is 662. The number of nitrogens with zero attached hydrogens (tertiary/aromatic N) is 4. The van der Waals surface area contributed by atoms with Crippen LogP contribution in [-0.2, 0) is 0 Å². The third-order valence-corrected chi connectivity index (χ3v) is 4.16. The molecule has 22 heavy (non-hydrogen) atoms. The predicted octanol–water partition coefficient (Wildman–Crippen LogP) is 1.21.